The van der Waals surface area contributed by atoms with Crippen LogP contribution in [0.5, 0.6) is 5.75 Å². The zero-order valence-electron chi connectivity index (χ0n) is 13.8. The normalized spacial score (nSPS) is 20.7. The number of hydrogen-bond donors (Lipinski definition) is 3. The number of aliphatic hydroxyl groups excluding tert-OH is 1. The van der Waals surface area contributed by atoms with Crippen LogP contribution in [0.2, 0.25) is 0 Å². The Bertz CT molecular complexity index is 854. The molecule has 0 atom stereocenters. The molecule has 0 saturated heterocycles. The lowest BCUT2D eigenvalue weighted by Crippen LogP contribution is -2.28. The fourth-order valence-corrected chi connectivity index (χ4v) is 3.25. The molecule has 7 heteroatoms. The van der Waals surface area contributed by atoms with Crippen LogP contribution in [0.3, 0.4) is 0 Å². The molecule has 2 heterocycles. The van der Waals surface area contributed by atoms with Crippen molar-refractivity contribution in [3.63, 3.8) is 0 Å². The summed E-state index contributed by atoms with van der Waals surface area (Å²) in [5, 5.41) is 35.5. The maximum absolute atomic E-state index is 9.62. The van der Waals surface area contributed by atoms with E-state index in [0.29, 0.717) is 18.1 Å². The topological polar surface area (TPSA) is 95.6 Å². The lowest BCUT2D eigenvalue weighted by molar-refractivity contribution is 0.126. The summed E-state index contributed by atoms with van der Waals surface area (Å²) in [6.07, 6.45) is 3.99. The van der Waals surface area contributed by atoms with Gasteiger partial charge >= 0.3 is 0 Å². The number of aromatic hydroxyl groups is 1. The number of aromatic nitrogens is 4. The predicted octanol–water partition coefficient (Wildman–Crippen LogP) is 2.14. The van der Waals surface area contributed by atoms with Gasteiger partial charge in [-0.05, 0) is 55.5 Å². The molecule has 3 aromatic rings. The van der Waals surface area contributed by atoms with E-state index in [2.05, 4.69) is 20.6 Å². The Kier molecular flexibility index (Phi) is 4.23. The number of anilines is 1. The van der Waals surface area contributed by atoms with Gasteiger partial charge in [0, 0.05) is 12.5 Å². The van der Waals surface area contributed by atoms with E-state index in [4.69, 9.17) is 0 Å². The summed E-state index contributed by atoms with van der Waals surface area (Å²) in [7, 11) is 0. The molecule has 1 fully saturated rings. The van der Waals surface area contributed by atoms with Crippen molar-refractivity contribution >= 4 is 11.5 Å². The summed E-state index contributed by atoms with van der Waals surface area (Å²) in [6, 6.07) is 11.2. The molecule has 7 nitrogen and oxygen atoms in total. The molecule has 25 heavy (non-hydrogen) atoms. The van der Waals surface area contributed by atoms with Gasteiger partial charge in [0.15, 0.2) is 11.5 Å². The second-order valence-electron chi connectivity index (χ2n) is 6.60. The molecule has 4 rings (SSSR count). The van der Waals surface area contributed by atoms with Crippen molar-refractivity contribution in [2.24, 2.45) is 0 Å². The number of rotatable bonds is 4. The lowest BCUT2D eigenvalue weighted by Gasteiger charge is -2.26. The number of hydrogen-bond acceptors (Lipinski definition) is 6. The van der Waals surface area contributed by atoms with Gasteiger partial charge in [-0.3, -0.25) is 0 Å². The van der Waals surface area contributed by atoms with Crippen molar-refractivity contribution in [1.82, 2.24) is 19.8 Å². The minimum absolute atomic E-state index is 0.164. The SMILES string of the molecule is Oc1ccc(Cc2nnc3ccc(N[C@H]4CC[C@H](O)CC4)nn23)cc1. The molecular weight excluding hydrogens is 318 g/mol. The molecule has 0 unspecified atom stereocenters. The van der Waals surface area contributed by atoms with Crippen LogP contribution in [0.25, 0.3) is 5.65 Å². The molecule has 1 aromatic carbocycles. The molecule has 0 spiro atoms. The summed E-state index contributed by atoms with van der Waals surface area (Å²) in [4.78, 5) is 0. The number of nitrogens with one attached hydrogen (secondary N) is 1. The zero-order chi connectivity index (χ0) is 17.2. The van der Waals surface area contributed by atoms with E-state index in [9.17, 15) is 10.2 Å². The maximum atomic E-state index is 9.62. The standard InChI is InChI=1S/C18H21N5O2/c24-14-5-1-12(2-6-14)11-18-21-20-17-10-9-16(22-23(17)18)19-13-3-7-15(25)8-4-13/h1-2,5-6,9-10,13,15,24-25H,3-4,7-8,11H2,(H,19,22)/t13-,15-. The van der Waals surface area contributed by atoms with E-state index in [-0.39, 0.29) is 11.9 Å². The Labute approximate surface area is 145 Å². The minimum atomic E-state index is -0.164. The first-order chi connectivity index (χ1) is 12.2. The van der Waals surface area contributed by atoms with Gasteiger partial charge < -0.3 is 15.5 Å². The zero-order valence-corrected chi connectivity index (χ0v) is 13.8. The fraction of sp³-hybridized carbons (Fsp3) is 0.389. The van der Waals surface area contributed by atoms with Crippen LogP contribution in [0.4, 0.5) is 5.82 Å². The van der Waals surface area contributed by atoms with Gasteiger partial charge in [-0.1, -0.05) is 12.1 Å². The maximum Gasteiger partial charge on any atom is 0.178 e. The third-order valence-electron chi connectivity index (χ3n) is 4.67. The molecule has 0 bridgehead atoms. The average molecular weight is 339 g/mol. The van der Waals surface area contributed by atoms with E-state index >= 15 is 0 Å². The third-order valence-corrected chi connectivity index (χ3v) is 4.67. The van der Waals surface area contributed by atoms with Gasteiger partial charge in [0.25, 0.3) is 0 Å². The third kappa shape index (κ3) is 3.56. The minimum Gasteiger partial charge on any atom is -0.508 e. The second-order valence-corrected chi connectivity index (χ2v) is 6.60. The van der Waals surface area contributed by atoms with Gasteiger partial charge in [-0.25, -0.2) is 0 Å². The highest BCUT2D eigenvalue weighted by Crippen LogP contribution is 2.21. The molecule has 1 saturated carbocycles. The van der Waals surface area contributed by atoms with Crippen molar-refractivity contribution in [1.29, 1.82) is 0 Å². The molecular formula is C18H21N5O2. The van der Waals surface area contributed by atoms with Crippen LogP contribution in [-0.4, -0.2) is 42.2 Å². The average Bonchev–Trinajstić information content (AvgIpc) is 3.01. The summed E-state index contributed by atoms with van der Waals surface area (Å²) in [6.45, 7) is 0. The number of benzene rings is 1. The molecule has 0 amide bonds. The smallest absolute Gasteiger partial charge is 0.178 e. The largest absolute Gasteiger partial charge is 0.508 e. The Hall–Kier alpha value is -2.67. The Morgan fingerprint density at radius 1 is 1.00 bits per heavy atom. The monoisotopic (exact) mass is 339 g/mol. The van der Waals surface area contributed by atoms with Crippen LogP contribution < -0.4 is 5.32 Å². The Morgan fingerprint density at radius 3 is 2.52 bits per heavy atom. The van der Waals surface area contributed by atoms with Gasteiger partial charge in [0.05, 0.1) is 6.10 Å². The summed E-state index contributed by atoms with van der Waals surface area (Å²) in [5.41, 5.74) is 1.74. The van der Waals surface area contributed by atoms with E-state index in [0.717, 1.165) is 42.9 Å². The first-order valence-electron chi connectivity index (χ1n) is 8.61. The Morgan fingerprint density at radius 2 is 1.76 bits per heavy atom. The van der Waals surface area contributed by atoms with Crippen molar-refractivity contribution in [3.8, 4) is 5.75 Å². The van der Waals surface area contributed by atoms with Gasteiger partial charge in [-0.15, -0.1) is 15.3 Å². The molecule has 0 radical (unpaired) electrons. The molecule has 130 valence electrons. The van der Waals surface area contributed by atoms with E-state index in [1.54, 1.807) is 16.6 Å². The molecule has 1 aliphatic carbocycles. The van der Waals surface area contributed by atoms with E-state index in [1.807, 2.05) is 24.3 Å². The molecule has 2 aromatic heterocycles. The number of nitrogens with zero attached hydrogens (tertiary/aromatic N) is 4. The van der Waals surface area contributed by atoms with Crippen LogP contribution in [0.1, 0.15) is 37.1 Å². The summed E-state index contributed by atoms with van der Waals surface area (Å²) < 4.78 is 1.76. The number of phenols is 1. The molecule has 3 N–H and O–H groups in total. The highest BCUT2D eigenvalue weighted by molar-refractivity contribution is 5.45. The van der Waals surface area contributed by atoms with E-state index < -0.39 is 0 Å². The van der Waals surface area contributed by atoms with Crippen molar-refractivity contribution < 1.29 is 10.2 Å². The molecule has 0 aliphatic heterocycles. The fourth-order valence-electron chi connectivity index (χ4n) is 3.25. The van der Waals surface area contributed by atoms with Gasteiger partial charge in [-0.2, -0.15) is 4.52 Å². The quantitative estimate of drug-likeness (QED) is 0.674. The second kappa shape index (κ2) is 6.68. The first-order valence-corrected chi connectivity index (χ1v) is 8.61. The van der Waals surface area contributed by atoms with Crippen LogP contribution >= 0.6 is 0 Å². The lowest BCUT2D eigenvalue weighted by atomic mass is 9.93. The number of fused-ring (bicyclic) bond motifs is 1. The van der Waals surface area contributed by atoms with Crippen LogP contribution in [0, 0.1) is 0 Å². The summed E-state index contributed by atoms with van der Waals surface area (Å²) in [5.74, 6) is 1.79. The van der Waals surface area contributed by atoms with E-state index in [1.165, 1.54) is 0 Å². The highest BCUT2D eigenvalue weighted by Gasteiger charge is 2.19. The van der Waals surface area contributed by atoms with Crippen molar-refractivity contribution in [3.05, 3.63) is 47.8 Å². The molecule has 1 aliphatic rings. The Balaban J connectivity index is 1.54. The van der Waals surface area contributed by atoms with Crippen molar-refractivity contribution in [2.45, 2.75) is 44.2 Å². The van der Waals surface area contributed by atoms with Crippen LogP contribution in [0.15, 0.2) is 36.4 Å². The van der Waals surface area contributed by atoms with Crippen molar-refractivity contribution in [2.75, 3.05) is 5.32 Å². The van der Waals surface area contributed by atoms with Crippen LogP contribution in [-0.2, 0) is 6.42 Å². The predicted molar refractivity (Wildman–Crippen MR) is 93.6 cm³/mol. The number of phenolic OH excluding ortho intramolecular Hbond substituents is 1. The van der Waals surface area contributed by atoms with Gasteiger partial charge in [0.1, 0.15) is 11.6 Å². The number of aliphatic hydroxyl groups is 1. The first kappa shape index (κ1) is 15.8. The van der Waals surface area contributed by atoms with Gasteiger partial charge in [0.2, 0.25) is 0 Å². The highest BCUT2D eigenvalue weighted by atomic mass is 16.3. The summed E-state index contributed by atoms with van der Waals surface area (Å²) >= 11 is 0.